The molecule has 0 aromatic rings. The quantitative estimate of drug-likeness (QED) is 0.0248. The highest BCUT2D eigenvalue weighted by atomic mass is 31.2. The molecule has 3 unspecified atom stereocenters. The number of carbonyl (C=O) groups excluding carboxylic acids is 1. The van der Waals surface area contributed by atoms with Crippen molar-refractivity contribution < 1.29 is 32.9 Å². The molecule has 0 bridgehead atoms. The van der Waals surface area contributed by atoms with Gasteiger partial charge in [0, 0.05) is 6.42 Å². The van der Waals surface area contributed by atoms with Gasteiger partial charge in [-0.05, 0) is 64.2 Å². The van der Waals surface area contributed by atoms with Crippen LogP contribution in [0.25, 0.3) is 0 Å². The monoisotopic (exact) mass is 804 g/mol. The average molecular weight is 804 g/mol. The predicted molar refractivity (Wildman–Crippen MR) is 239 cm³/mol. The van der Waals surface area contributed by atoms with Crippen LogP contribution in [-0.2, 0) is 18.4 Å². The molecule has 0 aliphatic heterocycles. The Labute approximate surface area is 344 Å². The van der Waals surface area contributed by atoms with Gasteiger partial charge in [0.15, 0.2) is 0 Å². The van der Waals surface area contributed by atoms with E-state index in [1.165, 1.54) is 64.2 Å². The minimum atomic E-state index is -4.32. The highest BCUT2D eigenvalue weighted by Crippen LogP contribution is 2.43. The summed E-state index contributed by atoms with van der Waals surface area (Å²) in [4.78, 5) is 22.8. The van der Waals surface area contributed by atoms with E-state index in [1.54, 1.807) is 6.08 Å². The van der Waals surface area contributed by atoms with Crippen molar-refractivity contribution in [2.45, 2.75) is 167 Å². The number of allylic oxidation sites excluding steroid dienone is 13. The van der Waals surface area contributed by atoms with Gasteiger partial charge < -0.3 is 19.8 Å². The maximum atomic E-state index is 12.7. The second-order valence-corrected chi connectivity index (χ2v) is 17.1. The molecule has 0 aliphatic carbocycles. The molecule has 0 aromatic carbocycles. The van der Waals surface area contributed by atoms with Crippen molar-refractivity contribution in [1.82, 2.24) is 5.32 Å². The highest BCUT2D eigenvalue weighted by molar-refractivity contribution is 7.47. The van der Waals surface area contributed by atoms with Gasteiger partial charge in [-0.3, -0.25) is 13.8 Å². The van der Waals surface area contributed by atoms with Crippen molar-refractivity contribution in [2.75, 3.05) is 40.9 Å². The molecule has 322 valence electrons. The van der Waals surface area contributed by atoms with Crippen LogP contribution in [0, 0.1) is 0 Å². The number of carbonyl (C=O) groups is 1. The lowest BCUT2D eigenvalue weighted by atomic mass is 10.0. The molecular weight excluding hydrogens is 719 g/mol. The summed E-state index contributed by atoms with van der Waals surface area (Å²) in [7, 11) is 1.55. The molecule has 0 radical (unpaired) electrons. The molecule has 0 spiro atoms. The molecule has 56 heavy (non-hydrogen) atoms. The maximum Gasteiger partial charge on any atom is 0.472 e. The Kier molecular flexibility index (Phi) is 36.6. The number of hydrogen-bond donors (Lipinski definition) is 3. The van der Waals surface area contributed by atoms with Gasteiger partial charge in [0.05, 0.1) is 39.9 Å². The lowest BCUT2D eigenvalue weighted by molar-refractivity contribution is -0.870. The van der Waals surface area contributed by atoms with Crippen molar-refractivity contribution >= 4 is 13.7 Å². The average Bonchev–Trinajstić information content (AvgIpc) is 3.15. The highest BCUT2D eigenvalue weighted by Gasteiger charge is 2.27. The topological polar surface area (TPSA) is 105 Å². The number of likely N-dealkylation sites (N-methyl/N-ethyl adjacent to an activating group) is 1. The van der Waals surface area contributed by atoms with Gasteiger partial charge in [-0.1, -0.05) is 170 Å². The van der Waals surface area contributed by atoms with Crippen LogP contribution in [0.15, 0.2) is 85.1 Å². The normalized spacial score (nSPS) is 15.2. The number of amides is 1. The first-order chi connectivity index (χ1) is 27.0. The van der Waals surface area contributed by atoms with Gasteiger partial charge in [0.25, 0.3) is 0 Å². The van der Waals surface area contributed by atoms with E-state index in [0.29, 0.717) is 17.4 Å². The SMILES string of the molecule is CC/C=C\C/C=C\C/C=C\C/C=C\C/C=C\C/C=C\CCCCCCCCCCCCCCC(=O)NC(COP(=O)(O)OCC[N+](C)(C)C)C(O)/C=C/CCC. The van der Waals surface area contributed by atoms with Gasteiger partial charge >= 0.3 is 7.82 Å². The Balaban J connectivity index is 3.88. The number of phosphoric acid groups is 1. The molecule has 0 aromatic heterocycles. The Hall–Kier alpha value is -2.32. The zero-order chi connectivity index (χ0) is 41.4. The molecule has 0 heterocycles. The number of aliphatic hydroxyl groups excluding tert-OH is 1. The molecule has 8 nitrogen and oxygen atoms in total. The van der Waals surface area contributed by atoms with E-state index in [0.717, 1.165) is 70.6 Å². The minimum Gasteiger partial charge on any atom is -0.387 e. The lowest BCUT2D eigenvalue weighted by Gasteiger charge is -2.25. The number of quaternary nitrogens is 1. The Bertz CT molecular complexity index is 1180. The van der Waals surface area contributed by atoms with E-state index in [-0.39, 0.29) is 19.1 Å². The molecule has 0 saturated heterocycles. The van der Waals surface area contributed by atoms with Crippen molar-refractivity contribution in [3.05, 3.63) is 85.1 Å². The third-order valence-electron chi connectivity index (χ3n) is 9.10. The van der Waals surface area contributed by atoms with Crippen LogP contribution in [0.3, 0.4) is 0 Å². The van der Waals surface area contributed by atoms with Crippen molar-refractivity contribution in [3.8, 4) is 0 Å². The van der Waals surface area contributed by atoms with Crippen LogP contribution in [0.5, 0.6) is 0 Å². The Morgan fingerprint density at radius 1 is 0.625 bits per heavy atom. The molecule has 1 amide bonds. The van der Waals surface area contributed by atoms with E-state index in [1.807, 2.05) is 34.1 Å². The van der Waals surface area contributed by atoms with E-state index >= 15 is 0 Å². The first kappa shape index (κ1) is 53.7. The molecule has 0 fully saturated rings. The van der Waals surface area contributed by atoms with Crippen LogP contribution >= 0.6 is 7.82 Å². The fourth-order valence-corrected chi connectivity index (χ4v) is 6.37. The first-order valence-electron chi connectivity index (χ1n) is 22.0. The van der Waals surface area contributed by atoms with Crippen LogP contribution in [0.4, 0.5) is 0 Å². The third kappa shape index (κ3) is 39.9. The predicted octanol–water partition coefficient (Wildman–Crippen LogP) is 12.2. The fourth-order valence-electron chi connectivity index (χ4n) is 5.64. The summed E-state index contributed by atoms with van der Waals surface area (Å²) >= 11 is 0. The van der Waals surface area contributed by atoms with Crippen molar-refractivity contribution in [1.29, 1.82) is 0 Å². The number of phosphoric ester groups is 1. The number of aliphatic hydroxyl groups is 1. The van der Waals surface area contributed by atoms with Gasteiger partial charge in [-0.25, -0.2) is 4.57 Å². The number of hydrogen-bond acceptors (Lipinski definition) is 5. The maximum absolute atomic E-state index is 12.7. The van der Waals surface area contributed by atoms with Gasteiger partial charge in [-0.15, -0.1) is 0 Å². The summed E-state index contributed by atoms with van der Waals surface area (Å²) in [5, 5.41) is 13.5. The zero-order valence-electron chi connectivity index (χ0n) is 36.3. The van der Waals surface area contributed by atoms with Gasteiger partial charge in [0.2, 0.25) is 5.91 Å². The summed E-state index contributed by atoms with van der Waals surface area (Å²) in [6.45, 7) is 4.46. The summed E-state index contributed by atoms with van der Waals surface area (Å²) in [6.07, 6.45) is 53.2. The van der Waals surface area contributed by atoms with Crippen LogP contribution in [0.2, 0.25) is 0 Å². The molecule has 0 aliphatic rings. The smallest absolute Gasteiger partial charge is 0.387 e. The largest absolute Gasteiger partial charge is 0.472 e. The van der Waals surface area contributed by atoms with E-state index in [9.17, 15) is 19.4 Å². The summed E-state index contributed by atoms with van der Waals surface area (Å²) in [5.74, 6) is -0.197. The first-order valence-corrected chi connectivity index (χ1v) is 23.5. The molecule has 3 atom stereocenters. The van der Waals surface area contributed by atoms with E-state index in [4.69, 9.17) is 9.05 Å². The second-order valence-electron chi connectivity index (χ2n) is 15.7. The van der Waals surface area contributed by atoms with Crippen molar-refractivity contribution in [2.24, 2.45) is 0 Å². The molecular formula is C47H84N2O6P+. The Morgan fingerprint density at radius 2 is 1.07 bits per heavy atom. The van der Waals surface area contributed by atoms with Crippen LogP contribution < -0.4 is 5.32 Å². The summed E-state index contributed by atoms with van der Waals surface area (Å²) in [6, 6.07) is -0.847. The summed E-state index contributed by atoms with van der Waals surface area (Å²) < 4.78 is 23.2. The second kappa shape index (κ2) is 38.2. The molecule has 0 rings (SSSR count). The molecule has 0 saturated carbocycles. The number of nitrogens with zero attached hydrogens (tertiary/aromatic N) is 1. The number of unbranched alkanes of at least 4 members (excludes halogenated alkanes) is 13. The fraction of sp³-hybridized carbons (Fsp3) is 0.681. The van der Waals surface area contributed by atoms with Crippen LogP contribution in [0.1, 0.15) is 155 Å². The minimum absolute atomic E-state index is 0.0557. The van der Waals surface area contributed by atoms with Gasteiger partial charge in [0.1, 0.15) is 13.2 Å². The van der Waals surface area contributed by atoms with Crippen LogP contribution in [-0.4, -0.2) is 73.4 Å². The number of rotatable bonds is 38. The molecule has 9 heteroatoms. The number of nitrogens with one attached hydrogen (secondary N) is 1. The third-order valence-corrected chi connectivity index (χ3v) is 10.1. The van der Waals surface area contributed by atoms with E-state index in [2.05, 4.69) is 85.2 Å². The van der Waals surface area contributed by atoms with Gasteiger partial charge in [-0.2, -0.15) is 0 Å². The zero-order valence-corrected chi connectivity index (χ0v) is 37.2. The molecule has 3 N–H and O–H groups in total. The standard InChI is InChI=1S/C47H83N2O6P/c1-6-8-10-11-12-13-14-15-16-17-18-19-20-21-22-23-24-25-26-27-28-29-30-31-32-33-34-35-36-37-39-41-47(51)48-45(46(50)40-38-9-7-2)44-55-56(52,53)54-43-42-49(3,4)5/h8,10,12-13,15-16,18-19,21-22,24-25,38,40,45-46,50H,6-7,9,11,14,17,20,23,26-37,39,41-44H2,1-5H3,(H-,48,51,52,53)/p+1/b10-8-,13-12-,16-15-,19-18-,22-21-,25-24-,40-38+. The van der Waals surface area contributed by atoms with E-state index < -0.39 is 20.0 Å². The van der Waals surface area contributed by atoms with Crippen molar-refractivity contribution in [3.63, 3.8) is 0 Å². The Morgan fingerprint density at radius 3 is 1.54 bits per heavy atom. The summed E-state index contributed by atoms with van der Waals surface area (Å²) in [5.41, 5.74) is 0. The lowest BCUT2D eigenvalue weighted by Crippen LogP contribution is -2.45.